The molecule has 2 aromatic carbocycles. The molecule has 0 radical (unpaired) electrons. The summed E-state index contributed by atoms with van der Waals surface area (Å²) in [5.41, 5.74) is 2.87. The van der Waals surface area contributed by atoms with Crippen LogP contribution in [0.4, 0.5) is 4.39 Å². The van der Waals surface area contributed by atoms with E-state index < -0.39 is 0 Å². The zero-order chi connectivity index (χ0) is 20.1. The fraction of sp³-hybridized carbons (Fsp3) is 0.304. The minimum absolute atomic E-state index is 0.156. The summed E-state index contributed by atoms with van der Waals surface area (Å²) in [7, 11) is 0. The van der Waals surface area contributed by atoms with Crippen LogP contribution in [-0.4, -0.2) is 30.5 Å². The first kappa shape index (κ1) is 19.3. The van der Waals surface area contributed by atoms with Crippen LogP contribution in [0.1, 0.15) is 24.7 Å². The zero-order valence-corrected chi connectivity index (χ0v) is 16.7. The Bertz CT molecular complexity index is 1050. The van der Waals surface area contributed by atoms with E-state index in [1.165, 1.54) is 6.07 Å². The van der Waals surface area contributed by atoms with E-state index in [-0.39, 0.29) is 5.82 Å². The Balaban J connectivity index is 1.55. The van der Waals surface area contributed by atoms with Crippen molar-refractivity contribution in [1.82, 2.24) is 24.0 Å². The summed E-state index contributed by atoms with van der Waals surface area (Å²) < 4.78 is 18.6. The standard InChI is InChI=1S/C23H26FN5/c1-2-29-22-11-6-5-10-21(22)26-23(29)17-28(14-7-13-27-15-12-25-18-27)16-19-8-3-4-9-20(19)24/h3-6,8-12,15,18H,2,7,13-14,16-17H2,1H3. The monoisotopic (exact) mass is 391 g/mol. The van der Waals surface area contributed by atoms with Crippen molar-refractivity contribution in [3.63, 3.8) is 0 Å². The molecule has 0 unspecified atom stereocenters. The van der Waals surface area contributed by atoms with Crippen molar-refractivity contribution in [3.8, 4) is 0 Å². The predicted molar refractivity (Wildman–Crippen MR) is 113 cm³/mol. The van der Waals surface area contributed by atoms with Crippen LogP contribution in [-0.2, 0) is 26.2 Å². The molecule has 0 bridgehead atoms. The van der Waals surface area contributed by atoms with E-state index in [4.69, 9.17) is 4.98 Å². The molecule has 0 atom stereocenters. The Morgan fingerprint density at radius 3 is 2.66 bits per heavy atom. The third-order valence-corrected chi connectivity index (χ3v) is 5.22. The van der Waals surface area contributed by atoms with E-state index in [0.717, 1.165) is 42.9 Å². The molecule has 5 nitrogen and oxygen atoms in total. The number of rotatable bonds is 9. The quantitative estimate of drug-likeness (QED) is 0.422. The van der Waals surface area contributed by atoms with E-state index >= 15 is 0 Å². The third kappa shape index (κ3) is 4.54. The van der Waals surface area contributed by atoms with Crippen LogP contribution in [0.15, 0.2) is 67.3 Å². The summed E-state index contributed by atoms with van der Waals surface area (Å²) >= 11 is 0. The van der Waals surface area contributed by atoms with E-state index in [0.29, 0.717) is 18.7 Å². The second kappa shape index (κ2) is 9.01. The molecule has 29 heavy (non-hydrogen) atoms. The molecule has 0 aliphatic carbocycles. The van der Waals surface area contributed by atoms with Crippen molar-refractivity contribution in [3.05, 3.63) is 84.5 Å². The Hall–Kier alpha value is -2.99. The fourth-order valence-electron chi connectivity index (χ4n) is 3.78. The lowest BCUT2D eigenvalue weighted by molar-refractivity contribution is 0.236. The predicted octanol–water partition coefficient (Wildman–Crippen LogP) is 4.48. The van der Waals surface area contributed by atoms with Crippen LogP contribution in [0.2, 0.25) is 0 Å². The third-order valence-electron chi connectivity index (χ3n) is 5.22. The molecule has 0 saturated carbocycles. The van der Waals surface area contributed by atoms with Gasteiger partial charge in [0.2, 0.25) is 0 Å². The molecule has 0 aliphatic rings. The van der Waals surface area contributed by atoms with Crippen LogP contribution < -0.4 is 0 Å². The summed E-state index contributed by atoms with van der Waals surface area (Å²) in [5.74, 6) is 0.865. The van der Waals surface area contributed by atoms with Gasteiger partial charge in [-0.05, 0) is 31.5 Å². The number of halogens is 1. The highest BCUT2D eigenvalue weighted by atomic mass is 19.1. The maximum Gasteiger partial charge on any atom is 0.127 e. The lowest BCUT2D eigenvalue weighted by Gasteiger charge is -2.23. The van der Waals surface area contributed by atoms with E-state index in [1.54, 1.807) is 12.3 Å². The van der Waals surface area contributed by atoms with E-state index in [9.17, 15) is 4.39 Å². The number of imidazole rings is 2. The number of benzene rings is 2. The number of nitrogens with zero attached hydrogens (tertiary/aromatic N) is 5. The second-order valence-corrected chi connectivity index (χ2v) is 7.22. The Labute approximate surface area is 170 Å². The maximum atomic E-state index is 14.3. The topological polar surface area (TPSA) is 38.9 Å². The van der Waals surface area contributed by atoms with Gasteiger partial charge in [0.05, 0.1) is 23.9 Å². The highest BCUT2D eigenvalue weighted by Crippen LogP contribution is 2.19. The molecule has 6 heteroatoms. The van der Waals surface area contributed by atoms with Gasteiger partial charge in [0.25, 0.3) is 0 Å². The van der Waals surface area contributed by atoms with Gasteiger partial charge in [0, 0.05) is 44.1 Å². The molecule has 150 valence electrons. The Morgan fingerprint density at radius 1 is 1.03 bits per heavy atom. The molecule has 0 fully saturated rings. The van der Waals surface area contributed by atoms with Crippen molar-refractivity contribution < 1.29 is 4.39 Å². The van der Waals surface area contributed by atoms with Crippen molar-refractivity contribution in [2.24, 2.45) is 0 Å². The summed E-state index contributed by atoms with van der Waals surface area (Å²) in [6, 6.07) is 15.2. The van der Waals surface area contributed by atoms with Gasteiger partial charge in [0.1, 0.15) is 11.6 Å². The molecule has 4 aromatic rings. The molecule has 4 rings (SSSR count). The molecule has 0 saturated heterocycles. The minimum atomic E-state index is -0.156. The summed E-state index contributed by atoms with van der Waals surface area (Å²) in [6.07, 6.45) is 6.55. The first-order valence-electron chi connectivity index (χ1n) is 10.1. The first-order chi connectivity index (χ1) is 14.2. The number of fused-ring (bicyclic) bond motifs is 1. The maximum absolute atomic E-state index is 14.3. The van der Waals surface area contributed by atoms with Gasteiger partial charge in [-0.3, -0.25) is 4.90 Å². The van der Waals surface area contributed by atoms with Gasteiger partial charge < -0.3 is 9.13 Å². The SMILES string of the molecule is CCn1c(CN(CCCn2ccnc2)Cc2ccccc2F)nc2ccccc21. The van der Waals surface area contributed by atoms with Crippen LogP contribution in [0.3, 0.4) is 0 Å². The highest BCUT2D eigenvalue weighted by molar-refractivity contribution is 5.75. The van der Waals surface area contributed by atoms with E-state index in [2.05, 4.69) is 32.0 Å². The van der Waals surface area contributed by atoms with Crippen molar-refractivity contribution >= 4 is 11.0 Å². The first-order valence-corrected chi connectivity index (χ1v) is 10.1. The second-order valence-electron chi connectivity index (χ2n) is 7.22. The number of aryl methyl sites for hydroxylation is 2. The molecular formula is C23H26FN5. The number of para-hydroxylation sites is 2. The smallest absolute Gasteiger partial charge is 0.127 e. The van der Waals surface area contributed by atoms with Crippen molar-refractivity contribution in [2.75, 3.05) is 6.54 Å². The lowest BCUT2D eigenvalue weighted by Crippen LogP contribution is -2.27. The van der Waals surface area contributed by atoms with Gasteiger partial charge in [-0.25, -0.2) is 14.4 Å². The molecular weight excluding hydrogens is 365 g/mol. The van der Waals surface area contributed by atoms with Crippen LogP contribution >= 0.6 is 0 Å². The molecule has 0 aliphatic heterocycles. The fourth-order valence-corrected chi connectivity index (χ4v) is 3.78. The highest BCUT2D eigenvalue weighted by Gasteiger charge is 2.15. The largest absolute Gasteiger partial charge is 0.337 e. The Kier molecular flexibility index (Phi) is 6.00. The summed E-state index contributed by atoms with van der Waals surface area (Å²) in [6.45, 7) is 5.97. The van der Waals surface area contributed by atoms with Gasteiger partial charge in [-0.2, -0.15) is 0 Å². The Morgan fingerprint density at radius 2 is 1.86 bits per heavy atom. The number of aromatic nitrogens is 4. The summed E-state index contributed by atoms with van der Waals surface area (Å²) in [5, 5.41) is 0. The van der Waals surface area contributed by atoms with Gasteiger partial charge >= 0.3 is 0 Å². The minimum Gasteiger partial charge on any atom is -0.337 e. The average molecular weight is 391 g/mol. The van der Waals surface area contributed by atoms with Gasteiger partial charge in [0.15, 0.2) is 0 Å². The normalized spacial score (nSPS) is 11.6. The zero-order valence-electron chi connectivity index (χ0n) is 16.7. The molecule has 0 amide bonds. The van der Waals surface area contributed by atoms with Gasteiger partial charge in [-0.1, -0.05) is 30.3 Å². The van der Waals surface area contributed by atoms with Crippen molar-refractivity contribution in [2.45, 2.75) is 39.5 Å². The number of hydrogen-bond acceptors (Lipinski definition) is 3. The molecule has 0 N–H and O–H groups in total. The van der Waals surface area contributed by atoms with Crippen LogP contribution in [0.25, 0.3) is 11.0 Å². The summed E-state index contributed by atoms with van der Waals surface area (Å²) in [4.78, 5) is 11.2. The van der Waals surface area contributed by atoms with Crippen LogP contribution in [0.5, 0.6) is 0 Å². The van der Waals surface area contributed by atoms with Gasteiger partial charge in [-0.15, -0.1) is 0 Å². The van der Waals surface area contributed by atoms with E-state index in [1.807, 2.05) is 42.9 Å². The van der Waals surface area contributed by atoms with Crippen molar-refractivity contribution in [1.29, 1.82) is 0 Å². The number of hydrogen-bond donors (Lipinski definition) is 0. The lowest BCUT2D eigenvalue weighted by atomic mass is 10.2. The molecule has 0 spiro atoms. The molecule has 2 aromatic heterocycles. The molecule has 2 heterocycles. The average Bonchev–Trinajstić information content (AvgIpc) is 3.36. The van der Waals surface area contributed by atoms with Crippen LogP contribution in [0, 0.1) is 5.82 Å².